The summed E-state index contributed by atoms with van der Waals surface area (Å²) in [5, 5.41) is 6.53. The Morgan fingerprint density at radius 1 is 1.24 bits per heavy atom. The van der Waals surface area contributed by atoms with Gasteiger partial charge < -0.3 is 15.4 Å². The Morgan fingerprint density at radius 2 is 2.10 bits per heavy atom. The highest BCUT2D eigenvalue weighted by atomic mass is 127. The quantitative estimate of drug-likeness (QED) is 0.760. The fourth-order valence-electron chi connectivity index (χ4n) is 2.60. The molecule has 0 saturated heterocycles. The van der Waals surface area contributed by atoms with Crippen molar-refractivity contribution in [1.82, 2.24) is 15.6 Å². The van der Waals surface area contributed by atoms with E-state index in [0.29, 0.717) is 6.10 Å². The second-order valence-electron chi connectivity index (χ2n) is 5.39. The molecule has 2 N–H and O–H groups in total. The van der Waals surface area contributed by atoms with Gasteiger partial charge >= 0.3 is 0 Å². The summed E-state index contributed by atoms with van der Waals surface area (Å²) in [6, 6.07) is 4.03. The normalized spacial score (nSPS) is 18.4. The molecule has 1 aromatic rings. The number of nitrogens with zero attached hydrogens (tertiary/aromatic N) is 2. The summed E-state index contributed by atoms with van der Waals surface area (Å²) in [5.74, 6) is 1.64. The minimum absolute atomic E-state index is 0. The average Bonchev–Trinajstić information content (AvgIpc) is 3.01. The van der Waals surface area contributed by atoms with Crippen LogP contribution in [-0.2, 0) is 6.54 Å². The van der Waals surface area contributed by atoms with Crippen molar-refractivity contribution in [2.45, 2.75) is 44.8 Å². The van der Waals surface area contributed by atoms with Crippen LogP contribution in [0.15, 0.2) is 23.3 Å². The van der Waals surface area contributed by atoms with Crippen LogP contribution < -0.4 is 15.4 Å². The predicted octanol–water partition coefficient (Wildman–Crippen LogP) is 2.46. The summed E-state index contributed by atoms with van der Waals surface area (Å²) in [4.78, 5) is 8.76. The van der Waals surface area contributed by atoms with Crippen molar-refractivity contribution in [3.63, 3.8) is 0 Å². The van der Waals surface area contributed by atoms with Gasteiger partial charge in [0.25, 0.3) is 0 Å². The molecule has 2 aliphatic rings. The summed E-state index contributed by atoms with van der Waals surface area (Å²) in [6.07, 6.45) is 8.24. The summed E-state index contributed by atoms with van der Waals surface area (Å²) >= 11 is 0. The zero-order valence-electron chi connectivity index (χ0n) is 12.2. The van der Waals surface area contributed by atoms with E-state index in [1.807, 2.05) is 12.3 Å². The van der Waals surface area contributed by atoms with Gasteiger partial charge in [-0.05, 0) is 37.7 Å². The van der Waals surface area contributed by atoms with Crippen molar-refractivity contribution in [2.75, 3.05) is 13.1 Å². The number of halogens is 1. The molecule has 3 rings (SSSR count). The fraction of sp³-hybridized carbons (Fsp3) is 0.600. The van der Waals surface area contributed by atoms with Gasteiger partial charge in [0.1, 0.15) is 6.10 Å². The molecule has 2 heterocycles. The second kappa shape index (κ2) is 8.41. The number of guanidine groups is 1. The van der Waals surface area contributed by atoms with Gasteiger partial charge in [0.15, 0.2) is 5.96 Å². The third-order valence-corrected chi connectivity index (χ3v) is 3.74. The molecular formula is C15H23IN4O. The predicted molar refractivity (Wildman–Crippen MR) is 94.3 cm³/mol. The third-order valence-electron chi connectivity index (χ3n) is 3.74. The Hall–Kier alpha value is -1.05. The molecule has 0 radical (unpaired) electrons. The van der Waals surface area contributed by atoms with E-state index in [4.69, 9.17) is 4.74 Å². The molecule has 1 fully saturated rings. The first-order chi connectivity index (χ1) is 9.90. The number of aromatic nitrogens is 1. The van der Waals surface area contributed by atoms with E-state index >= 15 is 0 Å². The lowest BCUT2D eigenvalue weighted by Crippen LogP contribution is -2.40. The lowest BCUT2D eigenvalue weighted by Gasteiger charge is -2.16. The van der Waals surface area contributed by atoms with E-state index in [-0.39, 0.29) is 24.0 Å². The Kier molecular flexibility index (Phi) is 6.53. The second-order valence-corrected chi connectivity index (χ2v) is 5.39. The molecule has 1 aliphatic heterocycles. The molecular weight excluding hydrogens is 379 g/mol. The zero-order valence-corrected chi connectivity index (χ0v) is 14.5. The van der Waals surface area contributed by atoms with Gasteiger partial charge in [0.2, 0.25) is 5.88 Å². The number of rotatable bonds is 4. The highest BCUT2D eigenvalue weighted by Crippen LogP contribution is 2.22. The molecule has 0 aromatic carbocycles. The number of hydrogen-bond donors (Lipinski definition) is 2. The first-order valence-corrected chi connectivity index (χ1v) is 7.54. The molecule has 0 amide bonds. The largest absolute Gasteiger partial charge is 0.474 e. The van der Waals surface area contributed by atoms with Crippen molar-refractivity contribution < 1.29 is 4.74 Å². The number of ether oxygens (including phenoxy) is 1. The van der Waals surface area contributed by atoms with Crippen molar-refractivity contribution >= 4 is 29.9 Å². The number of pyridine rings is 1. The highest BCUT2D eigenvalue weighted by molar-refractivity contribution is 14.0. The van der Waals surface area contributed by atoms with E-state index in [9.17, 15) is 0 Å². The molecule has 0 bridgehead atoms. The Bertz CT molecular complexity index is 457. The van der Waals surface area contributed by atoms with Gasteiger partial charge in [-0.25, -0.2) is 4.98 Å². The molecule has 6 heteroatoms. The standard InChI is InChI=1S/C15H22N4O.HI/c1-2-5-13(4-1)20-14-7-6-12(10-18-14)11-19-15-16-8-3-9-17-15;/h6-7,10,13H,1-5,8-9,11H2,(H2,16,17,19);1H. The van der Waals surface area contributed by atoms with Crippen molar-refractivity contribution in [3.8, 4) is 5.88 Å². The lowest BCUT2D eigenvalue weighted by molar-refractivity contribution is 0.201. The molecule has 1 aromatic heterocycles. The Labute approximate surface area is 143 Å². The monoisotopic (exact) mass is 402 g/mol. The van der Waals surface area contributed by atoms with E-state index < -0.39 is 0 Å². The lowest BCUT2D eigenvalue weighted by atomic mass is 10.3. The molecule has 0 atom stereocenters. The highest BCUT2D eigenvalue weighted by Gasteiger charge is 2.16. The topological polar surface area (TPSA) is 58.5 Å². The molecule has 0 unspecified atom stereocenters. The van der Waals surface area contributed by atoms with Crippen LogP contribution in [0.5, 0.6) is 5.88 Å². The number of aliphatic imine (C=N–C) groups is 1. The van der Waals surface area contributed by atoms with Gasteiger partial charge in [-0.15, -0.1) is 24.0 Å². The zero-order chi connectivity index (χ0) is 13.6. The summed E-state index contributed by atoms with van der Waals surface area (Å²) in [7, 11) is 0. The van der Waals surface area contributed by atoms with Crippen molar-refractivity contribution in [1.29, 1.82) is 0 Å². The first kappa shape index (κ1) is 16.3. The summed E-state index contributed by atoms with van der Waals surface area (Å²) < 4.78 is 5.86. The SMILES string of the molecule is I.c1cc(OC2CCCC2)ncc1CNC1=NCCCN1. The minimum atomic E-state index is 0. The average molecular weight is 402 g/mol. The first-order valence-electron chi connectivity index (χ1n) is 7.54. The molecule has 1 saturated carbocycles. The van der Waals surface area contributed by atoms with E-state index in [0.717, 1.165) is 56.3 Å². The molecule has 5 nitrogen and oxygen atoms in total. The van der Waals surface area contributed by atoms with Crippen molar-refractivity contribution in [2.24, 2.45) is 4.99 Å². The number of hydrogen-bond acceptors (Lipinski definition) is 5. The molecule has 21 heavy (non-hydrogen) atoms. The maximum atomic E-state index is 5.86. The van der Waals surface area contributed by atoms with Crippen LogP contribution in [0.2, 0.25) is 0 Å². The van der Waals surface area contributed by atoms with Crippen LogP contribution in [0.4, 0.5) is 0 Å². The number of nitrogens with one attached hydrogen (secondary N) is 2. The van der Waals surface area contributed by atoms with Crippen LogP contribution >= 0.6 is 24.0 Å². The van der Waals surface area contributed by atoms with Gasteiger partial charge in [-0.2, -0.15) is 0 Å². The van der Waals surface area contributed by atoms with Crippen molar-refractivity contribution in [3.05, 3.63) is 23.9 Å². The van der Waals surface area contributed by atoms with Gasteiger partial charge in [-0.1, -0.05) is 6.07 Å². The van der Waals surface area contributed by atoms with Gasteiger partial charge in [0, 0.05) is 31.9 Å². The van der Waals surface area contributed by atoms with Crippen LogP contribution in [0.25, 0.3) is 0 Å². The van der Waals surface area contributed by atoms with Crippen LogP contribution in [0.1, 0.15) is 37.7 Å². The Balaban J connectivity index is 0.00000161. The van der Waals surface area contributed by atoms with Gasteiger partial charge in [0.05, 0.1) is 0 Å². The minimum Gasteiger partial charge on any atom is -0.474 e. The van der Waals surface area contributed by atoms with E-state index in [1.165, 1.54) is 12.8 Å². The van der Waals surface area contributed by atoms with E-state index in [2.05, 4.69) is 26.7 Å². The fourth-order valence-corrected chi connectivity index (χ4v) is 2.60. The smallest absolute Gasteiger partial charge is 0.213 e. The Morgan fingerprint density at radius 3 is 2.76 bits per heavy atom. The van der Waals surface area contributed by atoms with Gasteiger partial charge in [-0.3, -0.25) is 4.99 Å². The maximum Gasteiger partial charge on any atom is 0.213 e. The molecule has 116 valence electrons. The van der Waals surface area contributed by atoms with Crippen LogP contribution in [0, 0.1) is 0 Å². The van der Waals surface area contributed by atoms with Crippen LogP contribution in [0.3, 0.4) is 0 Å². The maximum absolute atomic E-state index is 5.86. The van der Waals surface area contributed by atoms with Crippen LogP contribution in [-0.4, -0.2) is 30.1 Å². The third kappa shape index (κ3) is 5.01. The summed E-state index contributed by atoms with van der Waals surface area (Å²) in [6.45, 7) is 2.64. The molecule has 1 aliphatic carbocycles. The molecule has 0 spiro atoms. The van der Waals surface area contributed by atoms with E-state index in [1.54, 1.807) is 0 Å². The summed E-state index contributed by atoms with van der Waals surface area (Å²) in [5.41, 5.74) is 1.14.